The Labute approximate surface area is 191 Å². The van der Waals surface area contributed by atoms with E-state index >= 15 is 0 Å². The molecule has 0 fully saturated rings. The van der Waals surface area contributed by atoms with E-state index in [1.165, 1.54) is 6.07 Å². The number of sulfonamides is 1. The lowest BCUT2D eigenvalue weighted by molar-refractivity contribution is -0.384. The summed E-state index contributed by atoms with van der Waals surface area (Å²) in [6, 6.07) is 8.17. The zero-order valence-corrected chi connectivity index (χ0v) is 19.4. The van der Waals surface area contributed by atoms with Crippen LogP contribution >= 0.6 is 0 Å². The zero-order chi connectivity index (χ0) is 24.8. The molecule has 0 spiro atoms. The minimum atomic E-state index is -4.09. The maximum absolute atomic E-state index is 12.3. The number of rotatable bonds is 10. The van der Waals surface area contributed by atoms with E-state index in [0.717, 1.165) is 12.1 Å². The number of aryl methyl sites for hydroxylation is 1. The van der Waals surface area contributed by atoms with Gasteiger partial charge in [0.2, 0.25) is 15.9 Å². The van der Waals surface area contributed by atoms with Crippen molar-refractivity contribution in [2.24, 2.45) is 11.1 Å². The average molecular weight is 478 g/mol. The van der Waals surface area contributed by atoms with Gasteiger partial charge in [0, 0.05) is 36.8 Å². The molecule has 2 rings (SSSR count). The van der Waals surface area contributed by atoms with E-state index in [9.17, 15) is 28.1 Å². The van der Waals surface area contributed by atoms with Crippen LogP contribution in [-0.4, -0.2) is 38.2 Å². The SMILES string of the molecule is Cc1cc(C(=O)NCC(C)C)ccc1NC(=O)CCNc1ccc(S(N)(=O)=O)cc1[N+](=O)[O-]. The molecule has 0 aliphatic carbocycles. The van der Waals surface area contributed by atoms with Crippen LogP contribution in [0.25, 0.3) is 0 Å². The summed E-state index contributed by atoms with van der Waals surface area (Å²) < 4.78 is 22.8. The van der Waals surface area contributed by atoms with Crippen molar-refractivity contribution in [1.29, 1.82) is 0 Å². The van der Waals surface area contributed by atoms with Gasteiger partial charge in [-0.15, -0.1) is 0 Å². The Kier molecular flexibility index (Phi) is 8.49. The van der Waals surface area contributed by atoms with Crippen LogP contribution in [0.4, 0.5) is 17.1 Å². The van der Waals surface area contributed by atoms with Gasteiger partial charge in [-0.05, 0) is 48.7 Å². The number of carbonyl (C=O) groups is 2. The number of primary sulfonamides is 1. The number of hydrogen-bond donors (Lipinski definition) is 4. The molecule has 0 heterocycles. The number of nitrogens with two attached hydrogens (primary N) is 1. The molecule has 5 N–H and O–H groups in total. The molecule has 0 aromatic heterocycles. The first-order valence-electron chi connectivity index (χ1n) is 10.1. The topological polar surface area (TPSA) is 174 Å². The van der Waals surface area contributed by atoms with Gasteiger partial charge in [-0.2, -0.15) is 0 Å². The number of hydrogen-bond acceptors (Lipinski definition) is 7. The van der Waals surface area contributed by atoms with Gasteiger partial charge < -0.3 is 16.0 Å². The van der Waals surface area contributed by atoms with E-state index in [1.54, 1.807) is 25.1 Å². The van der Waals surface area contributed by atoms with Crippen molar-refractivity contribution in [3.05, 3.63) is 57.6 Å². The molecule has 11 nitrogen and oxygen atoms in total. The van der Waals surface area contributed by atoms with Gasteiger partial charge >= 0.3 is 0 Å². The molecule has 0 aliphatic rings. The smallest absolute Gasteiger partial charge is 0.293 e. The first kappa shape index (κ1) is 25.7. The van der Waals surface area contributed by atoms with Crippen molar-refractivity contribution in [3.63, 3.8) is 0 Å². The van der Waals surface area contributed by atoms with Gasteiger partial charge in [0.25, 0.3) is 11.6 Å². The van der Waals surface area contributed by atoms with Crippen molar-refractivity contribution in [1.82, 2.24) is 5.32 Å². The fraction of sp³-hybridized carbons (Fsp3) is 0.333. The fourth-order valence-electron chi connectivity index (χ4n) is 2.86. The standard InChI is InChI=1S/C21H27N5O6S/c1-13(2)12-24-21(28)15-4-6-17(14(3)10-15)25-20(27)8-9-23-18-7-5-16(33(22,31)32)11-19(18)26(29)30/h4-7,10-11,13,23H,8-9,12H2,1-3H3,(H,24,28)(H,25,27)(H2,22,31,32). The second kappa shape index (κ2) is 10.9. The predicted molar refractivity (Wildman–Crippen MR) is 125 cm³/mol. The Balaban J connectivity index is 1.97. The fourth-order valence-corrected chi connectivity index (χ4v) is 3.39. The molecule has 0 bridgehead atoms. The molecular weight excluding hydrogens is 450 g/mol. The average Bonchev–Trinajstić information content (AvgIpc) is 2.72. The van der Waals surface area contributed by atoms with Crippen LogP contribution in [0.3, 0.4) is 0 Å². The van der Waals surface area contributed by atoms with E-state index in [-0.39, 0.29) is 35.4 Å². The van der Waals surface area contributed by atoms with Crippen molar-refractivity contribution in [2.75, 3.05) is 23.7 Å². The van der Waals surface area contributed by atoms with Crippen molar-refractivity contribution < 1.29 is 22.9 Å². The van der Waals surface area contributed by atoms with E-state index in [4.69, 9.17) is 5.14 Å². The summed E-state index contributed by atoms with van der Waals surface area (Å²) >= 11 is 0. The summed E-state index contributed by atoms with van der Waals surface area (Å²) in [6.07, 6.45) is -0.00976. The van der Waals surface area contributed by atoms with E-state index in [2.05, 4.69) is 16.0 Å². The number of benzene rings is 2. The minimum Gasteiger partial charge on any atom is -0.379 e. The highest BCUT2D eigenvalue weighted by Crippen LogP contribution is 2.27. The number of amides is 2. The van der Waals surface area contributed by atoms with Gasteiger partial charge in [-0.25, -0.2) is 13.6 Å². The zero-order valence-electron chi connectivity index (χ0n) is 18.5. The molecule has 2 amide bonds. The third-order valence-corrected chi connectivity index (χ3v) is 5.51. The quantitative estimate of drug-likeness (QED) is 0.300. The number of nitrogens with one attached hydrogen (secondary N) is 3. The van der Waals surface area contributed by atoms with Crippen LogP contribution in [0.15, 0.2) is 41.3 Å². The Bertz CT molecular complexity index is 1160. The lowest BCUT2D eigenvalue weighted by Crippen LogP contribution is -2.27. The summed E-state index contributed by atoms with van der Waals surface area (Å²) in [5, 5.41) is 24.6. The van der Waals surface area contributed by atoms with Crippen LogP contribution in [0, 0.1) is 23.0 Å². The number of nitro benzene ring substituents is 1. The van der Waals surface area contributed by atoms with Crippen LogP contribution in [0.2, 0.25) is 0 Å². The number of carbonyl (C=O) groups excluding carboxylic acids is 2. The molecule has 0 atom stereocenters. The first-order valence-corrected chi connectivity index (χ1v) is 11.7. The second-order valence-corrected chi connectivity index (χ2v) is 9.40. The number of nitrogens with zero attached hydrogens (tertiary/aromatic N) is 1. The normalized spacial score (nSPS) is 11.2. The van der Waals surface area contributed by atoms with Crippen molar-refractivity contribution >= 4 is 38.9 Å². The van der Waals surface area contributed by atoms with Gasteiger partial charge in [0.05, 0.1) is 9.82 Å². The summed E-state index contributed by atoms with van der Waals surface area (Å²) in [4.78, 5) is 34.6. The van der Waals surface area contributed by atoms with Crippen LogP contribution in [-0.2, 0) is 14.8 Å². The van der Waals surface area contributed by atoms with Gasteiger partial charge in [-0.3, -0.25) is 19.7 Å². The lowest BCUT2D eigenvalue weighted by atomic mass is 10.1. The third kappa shape index (κ3) is 7.54. The van der Waals surface area contributed by atoms with Crippen molar-refractivity contribution in [3.8, 4) is 0 Å². The highest BCUT2D eigenvalue weighted by Gasteiger charge is 2.19. The second-order valence-electron chi connectivity index (χ2n) is 7.84. The highest BCUT2D eigenvalue weighted by molar-refractivity contribution is 7.89. The van der Waals surface area contributed by atoms with Crippen LogP contribution < -0.4 is 21.1 Å². The number of anilines is 2. The molecule has 0 saturated carbocycles. The van der Waals surface area contributed by atoms with Crippen molar-refractivity contribution in [2.45, 2.75) is 32.1 Å². The Hall–Kier alpha value is -3.51. The van der Waals surface area contributed by atoms with E-state index < -0.39 is 20.6 Å². The molecule has 2 aromatic rings. The molecular formula is C21H27N5O6S. The van der Waals surface area contributed by atoms with E-state index in [1.807, 2.05) is 13.8 Å². The maximum atomic E-state index is 12.3. The molecule has 0 radical (unpaired) electrons. The summed E-state index contributed by atoms with van der Waals surface area (Å²) in [6.45, 7) is 6.39. The summed E-state index contributed by atoms with van der Waals surface area (Å²) in [5.74, 6) is -0.203. The highest BCUT2D eigenvalue weighted by atomic mass is 32.2. The van der Waals surface area contributed by atoms with Gasteiger partial charge in [0.1, 0.15) is 5.69 Å². The molecule has 178 valence electrons. The minimum absolute atomic E-state index is 0.00976. The maximum Gasteiger partial charge on any atom is 0.293 e. The monoisotopic (exact) mass is 477 g/mol. The number of nitro groups is 1. The predicted octanol–water partition coefficient (Wildman–Crippen LogP) is 2.38. The summed E-state index contributed by atoms with van der Waals surface area (Å²) in [7, 11) is -4.09. The van der Waals surface area contributed by atoms with Gasteiger partial charge in [0.15, 0.2) is 0 Å². The molecule has 0 aliphatic heterocycles. The van der Waals surface area contributed by atoms with Crippen LogP contribution in [0.1, 0.15) is 36.2 Å². The molecule has 12 heteroatoms. The first-order chi connectivity index (χ1) is 15.4. The molecule has 0 saturated heterocycles. The third-order valence-electron chi connectivity index (χ3n) is 4.60. The van der Waals surface area contributed by atoms with Gasteiger partial charge in [-0.1, -0.05) is 13.8 Å². The van der Waals surface area contributed by atoms with Crippen LogP contribution in [0.5, 0.6) is 0 Å². The Morgan fingerprint density at radius 2 is 1.79 bits per heavy atom. The van der Waals surface area contributed by atoms with E-state index in [0.29, 0.717) is 29.3 Å². The molecule has 0 unspecified atom stereocenters. The Morgan fingerprint density at radius 3 is 2.36 bits per heavy atom. The molecule has 33 heavy (non-hydrogen) atoms. The Morgan fingerprint density at radius 1 is 1.12 bits per heavy atom. The largest absolute Gasteiger partial charge is 0.379 e. The summed E-state index contributed by atoms with van der Waals surface area (Å²) in [5.41, 5.74) is 1.34. The lowest BCUT2D eigenvalue weighted by Gasteiger charge is -2.12. The molecule has 2 aromatic carbocycles.